The van der Waals surface area contributed by atoms with Gasteiger partial charge < -0.3 is 9.47 Å². The second-order valence-electron chi connectivity index (χ2n) is 6.72. The van der Waals surface area contributed by atoms with E-state index < -0.39 is 11.8 Å². The highest BCUT2D eigenvalue weighted by atomic mass is 16.5. The smallest absolute Gasteiger partial charge is 0.271 e. The third-order valence-electron chi connectivity index (χ3n) is 4.73. The molecule has 0 aliphatic carbocycles. The van der Waals surface area contributed by atoms with Crippen molar-refractivity contribution in [2.45, 2.75) is 47.0 Å². The predicted octanol–water partition coefficient (Wildman–Crippen LogP) is 4.27. The molecule has 2 rings (SSSR count). The second kappa shape index (κ2) is 10.5. The van der Waals surface area contributed by atoms with Gasteiger partial charge in [-0.05, 0) is 56.5 Å². The van der Waals surface area contributed by atoms with Crippen LogP contribution < -0.4 is 9.47 Å². The number of hydrogen-bond donors (Lipinski definition) is 0. The summed E-state index contributed by atoms with van der Waals surface area (Å²) in [5.41, 5.74) is 1.46. The van der Waals surface area contributed by atoms with Crippen LogP contribution >= 0.6 is 0 Å². The average Bonchev–Trinajstić information content (AvgIpc) is 2.71. The number of hydrogen-bond acceptors (Lipinski definition) is 5. The van der Waals surface area contributed by atoms with Gasteiger partial charge >= 0.3 is 0 Å². The summed E-state index contributed by atoms with van der Waals surface area (Å²) in [6.07, 6.45) is 4.89. The highest BCUT2D eigenvalue weighted by Crippen LogP contribution is 2.32. The first kappa shape index (κ1) is 22.2. The number of benzene rings is 1. The molecule has 1 aromatic carbocycles. The number of carbonyl (C=O) groups excluding carboxylic acids is 2. The molecule has 29 heavy (non-hydrogen) atoms. The van der Waals surface area contributed by atoms with Gasteiger partial charge in [-0.15, -0.1) is 0 Å². The van der Waals surface area contributed by atoms with E-state index >= 15 is 0 Å². The highest BCUT2D eigenvalue weighted by Gasteiger charge is 2.34. The third kappa shape index (κ3) is 5.05. The van der Waals surface area contributed by atoms with E-state index in [9.17, 15) is 14.9 Å². The molecular weight excluding hydrogens is 368 g/mol. The number of unbranched alkanes of at least 4 members (excludes halogenated alkanes) is 2. The molecule has 1 aliphatic rings. The summed E-state index contributed by atoms with van der Waals surface area (Å²) in [7, 11) is 0. The zero-order chi connectivity index (χ0) is 21.4. The molecule has 0 bridgehead atoms. The summed E-state index contributed by atoms with van der Waals surface area (Å²) in [6.45, 7) is 8.69. The lowest BCUT2D eigenvalue weighted by Crippen LogP contribution is -2.42. The van der Waals surface area contributed by atoms with Crippen molar-refractivity contribution in [3.8, 4) is 17.6 Å². The number of amides is 2. The summed E-state index contributed by atoms with van der Waals surface area (Å²) in [5, 5.41) is 9.36. The number of rotatable bonds is 9. The first-order valence-corrected chi connectivity index (χ1v) is 10.1. The molecule has 0 unspecified atom stereocenters. The lowest BCUT2D eigenvalue weighted by molar-refractivity contribution is -0.140. The number of imide groups is 1. The third-order valence-corrected chi connectivity index (χ3v) is 4.73. The quantitative estimate of drug-likeness (QED) is 0.354. The molecule has 0 fully saturated rings. The molecule has 6 nitrogen and oxygen atoms in total. The van der Waals surface area contributed by atoms with Crippen molar-refractivity contribution in [3.63, 3.8) is 0 Å². The highest BCUT2D eigenvalue weighted by molar-refractivity contribution is 6.19. The van der Waals surface area contributed by atoms with E-state index in [0.29, 0.717) is 35.9 Å². The van der Waals surface area contributed by atoms with E-state index in [4.69, 9.17) is 9.47 Å². The number of nitriles is 1. The largest absolute Gasteiger partial charge is 0.490 e. The molecule has 0 N–H and O–H groups in total. The van der Waals surface area contributed by atoms with Crippen LogP contribution in [0.2, 0.25) is 0 Å². The minimum atomic E-state index is -0.541. The number of likely N-dealkylation sites (N-methyl/N-ethyl adjacent to an activating group) is 1. The van der Waals surface area contributed by atoms with Gasteiger partial charge in [0.1, 0.15) is 11.6 Å². The van der Waals surface area contributed by atoms with E-state index in [2.05, 4.69) is 6.92 Å². The Balaban J connectivity index is 2.40. The van der Waals surface area contributed by atoms with Crippen LogP contribution in [0, 0.1) is 11.3 Å². The first-order chi connectivity index (χ1) is 14.0. The molecule has 0 aromatic heterocycles. The summed E-state index contributed by atoms with van der Waals surface area (Å²) in [4.78, 5) is 26.1. The summed E-state index contributed by atoms with van der Waals surface area (Å²) < 4.78 is 11.6. The monoisotopic (exact) mass is 396 g/mol. The van der Waals surface area contributed by atoms with Crippen LogP contribution in [0.15, 0.2) is 34.9 Å². The Kier molecular flexibility index (Phi) is 8.02. The maximum absolute atomic E-state index is 12.8. The van der Waals surface area contributed by atoms with Gasteiger partial charge in [-0.1, -0.05) is 25.8 Å². The van der Waals surface area contributed by atoms with Crippen LogP contribution in [0.5, 0.6) is 11.5 Å². The number of nitrogens with zero attached hydrogens (tertiary/aromatic N) is 2. The van der Waals surface area contributed by atoms with Gasteiger partial charge in [0.25, 0.3) is 11.8 Å². The van der Waals surface area contributed by atoms with Crippen molar-refractivity contribution in [3.05, 3.63) is 40.5 Å². The summed E-state index contributed by atoms with van der Waals surface area (Å²) >= 11 is 0. The van der Waals surface area contributed by atoms with E-state index in [0.717, 1.165) is 29.7 Å². The van der Waals surface area contributed by atoms with Crippen LogP contribution in [0.25, 0.3) is 6.08 Å². The maximum Gasteiger partial charge on any atom is 0.271 e. The van der Waals surface area contributed by atoms with Crippen molar-refractivity contribution in [1.82, 2.24) is 4.90 Å². The van der Waals surface area contributed by atoms with Crippen molar-refractivity contribution >= 4 is 17.9 Å². The molecule has 6 heteroatoms. The van der Waals surface area contributed by atoms with Crippen molar-refractivity contribution in [2.75, 3.05) is 19.8 Å². The van der Waals surface area contributed by atoms with Gasteiger partial charge in [0.2, 0.25) is 0 Å². The average molecular weight is 396 g/mol. The molecule has 0 saturated carbocycles. The van der Waals surface area contributed by atoms with Gasteiger partial charge in [0.15, 0.2) is 11.5 Å². The molecule has 1 aliphatic heterocycles. The molecule has 1 heterocycles. The normalized spacial score (nSPS) is 15.7. The second-order valence-corrected chi connectivity index (χ2v) is 6.72. The maximum atomic E-state index is 12.8. The van der Waals surface area contributed by atoms with Gasteiger partial charge in [0.05, 0.1) is 13.2 Å². The molecule has 0 saturated heterocycles. The van der Waals surface area contributed by atoms with Crippen LogP contribution in [0.1, 0.15) is 52.5 Å². The Bertz CT molecular complexity index is 877. The van der Waals surface area contributed by atoms with Crippen molar-refractivity contribution in [1.29, 1.82) is 5.26 Å². The lowest BCUT2D eigenvalue weighted by atomic mass is 9.93. The van der Waals surface area contributed by atoms with E-state index in [1.807, 2.05) is 31.2 Å². The van der Waals surface area contributed by atoms with E-state index in [1.54, 1.807) is 19.9 Å². The van der Waals surface area contributed by atoms with Crippen molar-refractivity contribution in [2.24, 2.45) is 0 Å². The van der Waals surface area contributed by atoms with Gasteiger partial charge in [-0.25, -0.2) is 0 Å². The fourth-order valence-corrected chi connectivity index (χ4v) is 3.12. The van der Waals surface area contributed by atoms with Crippen LogP contribution in [-0.4, -0.2) is 36.5 Å². The summed E-state index contributed by atoms with van der Waals surface area (Å²) in [6, 6.07) is 7.40. The molecule has 0 atom stereocenters. The van der Waals surface area contributed by atoms with Gasteiger partial charge in [-0.3, -0.25) is 14.5 Å². The minimum absolute atomic E-state index is 0.00129. The van der Waals surface area contributed by atoms with Gasteiger partial charge in [-0.2, -0.15) is 5.26 Å². The van der Waals surface area contributed by atoms with Gasteiger partial charge in [0, 0.05) is 12.1 Å². The minimum Gasteiger partial charge on any atom is -0.490 e. The topological polar surface area (TPSA) is 79.6 Å². The Morgan fingerprint density at radius 1 is 1.07 bits per heavy atom. The number of carbonyl (C=O) groups is 2. The molecule has 154 valence electrons. The lowest BCUT2D eigenvalue weighted by Gasteiger charge is -2.26. The van der Waals surface area contributed by atoms with Crippen molar-refractivity contribution < 1.29 is 19.1 Å². The Labute approximate surface area is 172 Å². The molecule has 0 radical (unpaired) electrons. The summed E-state index contributed by atoms with van der Waals surface area (Å²) in [5.74, 6) is 0.329. The molecule has 1 aromatic rings. The fraction of sp³-hybridized carbons (Fsp3) is 0.435. The predicted molar refractivity (Wildman–Crippen MR) is 111 cm³/mol. The fourth-order valence-electron chi connectivity index (χ4n) is 3.12. The van der Waals surface area contributed by atoms with Crippen LogP contribution in [0.3, 0.4) is 0 Å². The SMILES string of the molecule is CCCCCOc1ccc(/C=C2/C(=O)N(CC)C(=O)C(C#N)=C2C)cc1OCC. The van der Waals surface area contributed by atoms with Crippen LogP contribution in [-0.2, 0) is 9.59 Å². The van der Waals surface area contributed by atoms with E-state index in [-0.39, 0.29) is 12.1 Å². The Hall–Kier alpha value is -3.07. The Morgan fingerprint density at radius 2 is 1.83 bits per heavy atom. The zero-order valence-corrected chi connectivity index (χ0v) is 17.6. The zero-order valence-electron chi connectivity index (χ0n) is 17.6. The standard InChI is InChI=1S/C23H28N2O4/c1-5-8-9-12-29-20-11-10-17(14-21(20)28-7-3)13-18-16(4)19(15-24)23(27)25(6-2)22(18)26/h10-11,13-14H,5-9,12H2,1-4H3/b18-13+. The Morgan fingerprint density at radius 3 is 2.45 bits per heavy atom. The molecule has 0 spiro atoms. The first-order valence-electron chi connectivity index (χ1n) is 10.1. The molecular formula is C23H28N2O4. The van der Waals surface area contributed by atoms with E-state index in [1.165, 1.54) is 0 Å². The molecule has 2 amide bonds. The number of ether oxygens (including phenoxy) is 2. The van der Waals surface area contributed by atoms with Crippen LogP contribution in [0.4, 0.5) is 0 Å².